The minimum Gasteiger partial charge on any atom is -0.382 e. The monoisotopic (exact) mass is 445 g/mol. The van der Waals surface area contributed by atoms with Gasteiger partial charge < -0.3 is 15.6 Å². The first-order chi connectivity index (χ1) is 14.3. The Morgan fingerprint density at radius 1 is 1.27 bits per heavy atom. The van der Waals surface area contributed by atoms with Gasteiger partial charge in [-0.1, -0.05) is 23.7 Å². The van der Waals surface area contributed by atoms with E-state index in [4.69, 9.17) is 11.6 Å². The summed E-state index contributed by atoms with van der Waals surface area (Å²) in [6.07, 6.45) is 6.26. The predicted molar refractivity (Wildman–Crippen MR) is 117 cm³/mol. The zero-order chi connectivity index (χ0) is 21.6. The minimum atomic E-state index is -3.49. The fourth-order valence-electron chi connectivity index (χ4n) is 2.73. The van der Waals surface area contributed by atoms with Crippen LogP contribution in [0.4, 0.5) is 11.4 Å². The molecule has 3 rings (SSSR count). The lowest BCUT2D eigenvalue weighted by Gasteiger charge is -2.13. The lowest BCUT2D eigenvalue weighted by atomic mass is 10.2. The zero-order valence-electron chi connectivity index (χ0n) is 16.1. The number of para-hydroxylation sites is 1. The van der Waals surface area contributed by atoms with Crippen molar-refractivity contribution in [1.29, 1.82) is 0 Å². The number of hydrogen-bond donors (Lipinski definition) is 3. The molecule has 0 saturated heterocycles. The molecule has 0 saturated carbocycles. The molecule has 0 atom stereocenters. The molecule has 0 unspecified atom stereocenters. The van der Waals surface area contributed by atoms with E-state index in [0.717, 1.165) is 11.9 Å². The second-order valence-electron chi connectivity index (χ2n) is 6.42. The summed E-state index contributed by atoms with van der Waals surface area (Å²) in [5, 5.41) is 6.14. The number of hydrogen-bond acceptors (Lipinski definition) is 6. The lowest BCUT2D eigenvalue weighted by Crippen LogP contribution is -2.21. The van der Waals surface area contributed by atoms with Gasteiger partial charge in [-0.3, -0.25) is 4.79 Å². The number of halogens is 1. The number of anilines is 1. The van der Waals surface area contributed by atoms with Crippen LogP contribution in [0, 0.1) is 0 Å². The summed E-state index contributed by atoms with van der Waals surface area (Å²) in [5.41, 5.74) is 2.05. The fourth-order valence-corrected chi connectivity index (χ4v) is 3.79. The summed E-state index contributed by atoms with van der Waals surface area (Å²) in [5.74, 6) is -0.380. The topological polar surface area (TPSA) is 116 Å². The van der Waals surface area contributed by atoms with E-state index in [1.165, 1.54) is 18.5 Å². The third-order valence-electron chi connectivity index (χ3n) is 4.14. The maximum Gasteiger partial charge on any atom is 0.256 e. The Hall–Kier alpha value is -3.17. The van der Waals surface area contributed by atoms with Gasteiger partial charge >= 0.3 is 0 Å². The van der Waals surface area contributed by atoms with Gasteiger partial charge in [0.25, 0.3) is 5.91 Å². The van der Waals surface area contributed by atoms with Gasteiger partial charge in [0, 0.05) is 41.7 Å². The van der Waals surface area contributed by atoms with Crippen molar-refractivity contribution in [1.82, 2.24) is 15.3 Å². The molecule has 0 aliphatic heterocycles. The number of amides is 1. The Morgan fingerprint density at radius 3 is 2.77 bits per heavy atom. The molecule has 1 aromatic heterocycles. The number of aliphatic imine (C=N–C) groups is 1. The van der Waals surface area contributed by atoms with Crippen LogP contribution in [0.3, 0.4) is 0 Å². The highest BCUT2D eigenvalue weighted by molar-refractivity contribution is 7.90. The van der Waals surface area contributed by atoms with Crippen molar-refractivity contribution < 1.29 is 13.2 Å². The summed E-state index contributed by atoms with van der Waals surface area (Å²) in [6.45, 7) is 0.464. The highest BCUT2D eigenvalue weighted by Gasteiger charge is 2.16. The molecule has 8 nitrogen and oxygen atoms in total. The van der Waals surface area contributed by atoms with E-state index in [0.29, 0.717) is 34.9 Å². The van der Waals surface area contributed by atoms with Gasteiger partial charge in [0.05, 0.1) is 28.9 Å². The number of aromatic amines is 1. The summed E-state index contributed by atoms with van der Waals surface area (Å²) >= 11 is 5.90. The second kappa shape index (κ2) is 9.55. The largest absolute Gasteiger partial charge is 0.382 e. The van der Waals surface area contributed by atoms with Crippen molar-refractivity contribution in [3.05, 3.63) is 71.3 Å². The second-order valence-corrected chi connectivity index (χ2v) is 8.84. The van der Waals surface area contributed by atoms with Gasteiger partial charge in [-0.15, -0.1) is 0 Å². The molecule has 156 valence electrons. The first kappa shape index (κ1) is 21.5. The van der Waals surface area contributed by atoms with E-state index >= 15 is 0 Å². The standard InChI is InChI=1S/C20H20ClN5O3S/c1-30(28,29)18-7-3-6-17(19(18)23-9-8-16-11-22-12-24-16)25-13-26-20(27)14-4-2-5-15(21)10-14/h2-7,10-13,23H,8-9H2,1H3,(H,22,24)(H,25,26,27). The third kappa shape index (κ3) is 5.68. The number of nitrogens with zero attached hydrogens (tertiary/aromatic N) is 2. The quantitative estimate of drug-likeness (QED) is 0.363. The van der Waals surface area contributed by atoms with Gasteiger partial charge in [-0.2, -0.15) is 0 Å². The van der Waals surface area contributed by atoms with Gasteiger partial charge in [0.2, 0.25) is 0 Å². The molecule has 0 bridgehead atoms. The highest BCUT2D eigenvalue weighted by Crippen LogP contribution is 2.31. The first-order valence-electron chi connectivity index (χ1n) is 8.98. The average Bonchev–Trinajstić information content (AvgIpc) is 3.21. The van der Waals surface area contributed by atoms with Crippen molar-refractivity contribution in [2.24, 2.45) is 4.99 Å². The molecule has 0 aliphatic carbocycles. The van der Waals surface area contributed by atoms with Crippen LogP contribution in [0.1, 0.15) is 16.1 Å². The maximum atomic E-state index is 12.2. The highest BCUT2D eigenvalue weighted by atomic mass is 35.5. The maximum absolute atomic E-state index is 12.2. The Balaban J connectivity index is 1.78. The van der Waals surface area contributed by atoms with Crippen LogP contribution in [0.2, 0.25) is 5.02 Å². The number of carbonyl (C=O) groups excluding carboxylic acids is 1. The van der Waals surface area contributed by atoms with Crippen molar-refractivity contribution in [3.63, 3.8) is 0 Å². The number of H-pyrrole nitrogens is 1. The summed E-state index contributed by atoms with van der Waals surface area (Å²) in [7, 11) is -3.49. The molecule has 30 heavy (non-hydrogen) atoms. The molecular weight excluding hydrogens is 426 g/mol. The number of aromatic nitrogens is 2. The Labute approximate surface area is 179 Å². The molecule has 2 aromatic carbocycles. The van der Waals surface area contributed by atoms with Crippen molar-refractivity contribution in [2.75, 3.05) is 18.1 Å². The number of nitrogens with one attached hydrogen (secondary N) is 3. The summed E-state index contributed by atoms with van der Waals surface area (Å²) in [6, 6.07) is 11.3. The lowest BCUT2D eigenvalue weighted by molar-refractivity contribution is 0.0978. The molecule has 1 heterocycles. The van der Waals surface area contributed by atoms with Gasteiger partial charge in [-0.25, -0.2) is 18.4 Å². The van der Waals surface area contributed by atoms with Crippen molar-refractivity contribution in [2.45, 2.75) is 11.3 Å². The van der Waals surface area contributed by atoms with E-state index in [2.05, 4.69) is 25.6 Å². The Kier molecular flexibility index (Phi) is 6.86. The molecule has 10 heteroatoms. The van der Waals surface area contributed by atoms with Gasteiger partial charge in [0.15, 0.2) is 9.84 Å². The Bertz CT molecular complexity index is 1160. The summed E-state index contributed by atoms with van der Waals surface area (Å²) < 4.78 is 24.4. The molecule has 0 fully saturated rings. The molecule has 0 aliphatic rings. The first-order valence-corrected chi connectivity index (χ1v) is 11.2. The molecule has 3 aromatic rings. The van der Waals surface area contributed by atoms with Crippen LogP contribution >= 0.6 is 11.6 Å². The summed E-state index contributed by atoms with van der Waals surface area (Å²) in [4.78, 5) is 23.5. The van der Waals surface area contributed by atoms with E-state index in [-0.39, 0.29) is 10.8 Å². The number of benzene rings is 2. The Morgan fingerprint density at radius 2 is 2.07 bits per heavy atom. The smallest absolute Gasteiger partial charge is 0.256 e. The van der Waals surface area contributed by atoms with Crippen LogP contribution < -0.4 is 10.6 Å². The predicted octanol–water partition coefficient (Wildman–Crippen LogP) is 3.21. The number of carbonyl (C=O) groups is 1. The van der Waals surface area contributed by atoms with E-state index in [9.17, 15) is 13.2 Å². The van der Waals surface area contributed by atoms with Crippen LogP contribution in [-0.2, 0) is 16.3 Å². The van der Waals surface area contributed by atoms with E-state index < -0.39 is 9.84 Å². The van der Waals surface area contributed by atoms with Gasteiger partial charge in [-0.05, 0) is 30.3 Å². The zero-order valence-corrected chi connectivity index (χ0v) is 17.7. The number of sulfone groups is 1. The molecule has 0 radical (unpaired) electrons. The van der Waals surface area contributed by atoms with Crippen LogP contribution in [-0.4, -0.2) is 43.4 Å². The SMILES string of the molecule is CS(=O)(=O)c1cccc(N=CNC(=O)c2cccc(Cl)c2)c1NCCc1cnc[nH]1. The molecule has 1 amide bonds. The third-order valence-corrected chi connectivity index (χ3v) is 5.52. The van der Waals surface area contributed by atoms with Gasteiger partial charge in [0.1, 0.15) is 0 Å². The minimum absolute atomic E-state index is 0.128. The average molecular weight is 446 g/mol. The van der Waals surface area contributed by atoms with E-state index in [1.54, 1.807) is 42.9 Å². The fraction of sp³-hybridized carbons (Fsp3) is 0.150. The molecule has 3 N–H and O–H groups in total. The molecule has 0 spiro atoms. The van der Waals surface area contributed by atoms with Crippen molar-refractivity contribution >= 4 is 45.1 Å². The van der Waals surface area contributed by atoms with Crippen LogP contribution in [0.5, 0.6) is 0 Å². The number of imidazole rings is 1. The van der Waals surface area contributed by atoms with Crippen LogP contribution in [0.25, 0.3) is 0 Å². The number of rotatable bonds is 8. The van der Waals surface area contributed by atoms with Crippen molar-refractivity contribution in [3.8, 4) is 0 Å². The van der Waals surface area contributed by atoms with E-state index in [1.807, 2.05) is 0 Å². The normalized spacial score (nSPS) is 11.5. The molecular formula is C20H20ClN5O3S. The van der Waals surface area contributed by atoms with Crippen LogP contribution in [0.15, 0.2) is 64.9 Å².